The summed E-state index contributed by atoms with van der Waals surface area (Å²) in [6.07, 6.45) is 2.24. The molecule has 0 amide bonds. The molecule has 2 rings (SSSR count). The molecular formula is C10H9N3O5S. The van der Waals surface area contributed by atoms with Crippen molar-refractivity contribution >= 4 is 21.7 Å². The zero-order chi connectivity index (χ0) is 14.0. The number of carboxylic acid groups (broad SMARTS) is 1. The summed E-state index contributed by atoms with van der Waals surface area (Å²) >= 11 is 0. The fourth-order valence-corrected chi connectivity index (χ4v) is 2.37. The molecule has 0 radical (unpaired) electrons. The normalized spacial score (nSPS) is 11.2. The summed E-state index contributed by atoms with van der Waals surface area (Å²) in [5.41, 5.74) is -0.501. The summed E-state index contributed by atoms with van der Waals surface area (Å²) < 4.78 is 25.9. The van der Waals surface area contributed by atoms with Gasteiger partial charge in [0.1, 0.15) is 10.6 Å². The van der Waals surface area contributed by atoms with Crippen LogP contribution in [-0.4, -0.2) is 34.8 Å². The predicted molar refractivity (Wildman–Crippen MR) is 64.5 cm³/mol. The van der Waals surface area contributed by atoms with Crippen molar-refractivity contribution in [2.45, 2.75) is 4.90 Å². The Bertz CT molecular complexity index is 709. The van der Waals surface area contributed by atoms with Gasteiger partial charge in [-0.2, -0.15) is 5.10 Å². The lowest BCUT2D eigenvalue weighted by molar-refractivity contribution is 0.0697. The molecule has 0 aliphatic carbocycles. The first-order chi connectivity index (χ1) is 8.90. The number of hydrogen-bond acceptors (Lipinski definition) is 5. The van der Waals surface area contributed by atoms with E-state index in [-0.39, 0.29) is 21.9 Å². The number of carboxylic acids is 1. The summed E-state index contributed by atoms with van der Waals surface area (Å²) in [5, 5.41) is 24.0. The highest BCUT2D eigenvalue weighted by atomic mass is 32.2. The summed E-state index contributed by atoms with van der Waals surface area (Å²) in [6, 6.07) is 3.30. The van der Waals surface area contributed by atoms with Gasteiger partial charge >= 0.3 is 5.97 Å². The summed E-state index contributed by atoms with van der Waals surface area (Å²) in [6.45, 7) is 0. The molecule has 0 unspecified atom stereocenters. The molecule has 0 spiro atoms. The molecule has 2 aromatic rings. The number of benzene rings is 1. The van der Waals surface area contributed by atoms with E-state index in [1.165, 1.54) is 6.07 Å². The van der Waals surface area contributed by atoms with E-state index in [2.05, 4.69) is 14.9 Å². The maximum atomic E-state index is 11.9. The summed E-state index contributed by atoms with van der Waals surface area (Å²) in [4.78, 5) is 10.9. The number of phenolic OH excluding ortho intramolecular Hbond substituents is 1. The SMILES string of the molecule is O=C(O)c1cc(O)ccc1NS(=O)(=O)c1cn[nH]c1. The lowest BCUT2D eigenvalue weighted by atomic mass is 10.2. The molecule has 0 aliphatic heterocycles. The molecule has 8 nitrogen and oxygen atoms in total. The van der Waals surface area contributed by atoms with Crippen LogP contribution in [0.3, 0.4) is 0 Å². The van der Waals surface area contributed by atoms with Gasteiger partial charge in [-0.1, -0.05) is 0 Å². The van der Waals surface area contributed by atoms with Gasteiger partial charge in [0.15, 0.2) is 0 Å². The average Bonchev–Trinajstić information content (AvgIpc) is 2.85. The van der Waals surface area contributed by atoms with E-state index < -0.39 is 16.0 Å². The standard InChI is InChI=1S/C10H9N3O5S/c14-6-1-2-9(8(3-6)10(15)16)13-19(17,18)7-4-11-12-5-7/h1-5,13-14H,(H,11,12)(H,15,16). The molecule has 0 saturated heterocycles. The van der Waals surface area contributed by atoms with Crippen molar-refractivity contribution in [1.29, 1.82) is 0 Å². The Morgan fingerprint density at radius 2 is 2.11 bits per heavy atom. The number of H-pyrrole nitrogens is 1. The number of anilines is 1. The molecule has 19 heavy (non-hydrogen) atoms. The van der Waals surface area contributed by atoms with Gasteiger partial charge in [0, 0.05) is 6.20 Å². The number of aromatic carboxylic acids is 1. The van der Waals surface area contributed by atoms with Crippen molar-refractivity contribution < 1.29 is 23.4 Å². The topological polar surface area (TPSA) is 132 Å². The summed E-state index contributed by atoms with van der Waals surface area (Å²) in [7, 11) is -3.93. The lowest BCUT2D eigenvalue weighted by Crippen LogP contribution is -2.15. The van der Waals surface area contributed by atoms with Crippen molar-refractivity contribution in [3.63, 3.8) is 0 Å². The Hall–Kier alpha value is -2.55. The first-order valence-electron chi connectivity index (χ1n) is 4.98. The van der Waals surface area contributed by atoms with Crippen LogP contribution >= 0.6 is 0 Å². The Morgan fingerprint density at radius 1 is 1.37 bits per heavy atom. The number of carbonyl (C=O) groups is 1. The third-order valence-corrected chi connectivity index (χ3v) is 3.59. The monoisotopic (exact) mass is 283 g/mol. The van der Waals surface area contributed by atoms with Gasteiger partial charge in [-0.15, -0.1) is 0 Å². The Morgan fingerprint density at radius 3 is 2.68 bits per heavy atom. The number of nitrogens with one attached hydrogen (secondary N) is 2. The Kier molecular flexibility index (Phi) is 3.13. The molecule has 100 valence electrons. The van der Waals surface area contributed by atoms with Crippen molar-refractivity contribution in [2.24, 2.45) is 0 Å². The van der Waals surface area contributed by atoms with Gasteiger partial charge in [-0.25, -0.2) is 13.2 Å². The second-order valence-corrected chi connectivity index (χ2v) is 5.26. The minimum atomic E-state index is -3.93. The van der Waals surface area contributed by atoms with Crippen LogP contribution < -0.4 is 4.72 Å². The van der Waals surface area contributed by atoms with E-state index in [0.29, 0.717) is 0 Å². The van der Waals surface area contributed by atoms with Gasteiger partial charge < -0.3 is 10.2 Å². The molecule has 1 heterocycles. The zero-order valence-electron chi connectivity index (χ0n) is 9.36. The highest BCUT2D eigenvalue weighted by Crippen LogP contribution is 2.23. The van der Waals surface area contributed by atoms with Gasteiger partial charge in [0.05, 0.1) is 17.4 Å². The molecule has 0 aliphatic rings. The lowest BCUT2D eigenvalue weighted by Gasteiger charge is -2.09. The second kappa shape index (κ2) is 4.61. The number of sulfonamides is 1. The number of aromatic nitrogens is 2. The van der Waals surface area contributed by atoms with Crippen LogP contribution in [0.4, 0.5) is 5.69 Å². The predicted octanol–water partition coefficient (Wildman–Crippen LogP) is 0.614. The maximum absolute atomic E-state index is 11.9. The largest absolute Gasteiger partial charge is 0.508 e. The van der Waals surface area contributed by atoms with Gasteiger partial charge in [0.25, 0.3) is 10.0 Å². The van der Waals surface area contributed by atoms with E-state index >= 15 is 0 Å². The van der Waals surface area contributed by atoms with Crippen LogP contribution in [-0.2, 0) is 10.0 Å². The summed E-state index contributed by atoms with van der Waals surface area (Å²) in [5.74, 6) is -1.63. The maximum Gasteiger partial charge on any atom is 0.337 e. The molecule has 1 aromatic carbocycles. The van der Waals surface area contributed by atoms with Crippen LogP contribution in [0.15, 0.2) is 35.5 Å². The minimum absolute atomic E-state index is 0.128. The van der Waals surface area contributed by atoms with Crippen LogP contribution in [0.1, 0.15) is 10.4 Å². The molecule has 9 heteroatoms. The fraction of sp³-hybridized carbons (Fsp3) is 0. The molecule has 0 saturated carbocycles. The first-order valence-corrected chi connectivity index (χ1v) is 6.46. The van der Waals surface area contributed by atoms with Gasteiger partial charge in [0.2, 0.25) is 0 Å². The van der Waals surface area contributed by atoms with Crippen LogP contribution in [0.2, 0.25) is 0 Å². The third kappa shape index (κ3) is 2.65. The highest BCUT2D eigenvalue weighted by Gasteiger charge is 2.19. The molecule has 0 fully saturated rings. The van der Waals surface area contributed by atoms with E-state index in [0.717, 1.165) is 24.5 Å². The Balaban J connectivity index is 2.42. The number of rotatable bonds is 4. The number of aromatic amines is 1. The van der Waals surface area contributed by atoms with Crippen molar-refractivity contribution in [3.8, 4) is 5.75 Å². The average molecular weight is 283 g/mol. The number of hydrogen-bond donors (Lipinski definition) is 4. The fourth-order valence-electron chi connectivity index (χ4n) is 1.39. The molecule has 0 atom stereocenters. The van der Waals surface area contributed by atoms with Gasteiger partial charge in [-0.05, 0) is 18.2 Å². The molecule has 1 aromatic heterocycles. The highest BCUT2D eigenvalue weighted by molar-refractivity contribution is 7.92. The smallest absolute Gasteiger partial charge is 0.337 e. The molecular weight excluding hydrogens is 274 g/mol. The number of phenols is 1. The minimum Gasteiger partial charge on any atom is -0.508 e. The first kappa shape index (κ1) is 12.9. The van der Waals surface area contributed by atoms with Crippen molar-refractivity contribution in [1.82, 2.24) is 10.2 Å². The number of nitrogens with zero attached hydrogens (tertiary/aromatic N) is 1. The van der Waals surface area contributed by atoms with Crippen molar-refractivity contribution in [2.75, 3.05) is 4.72 Å². The quantitative estimate of drug-likeness (QED) is 0.608. The van der Waals surface area contributed by atoms with E-state index in [4.69, 9.17) is 5.11 Å². The molecule has 4 N–H and O–H groups in total. The van der Waals surface area contributed by atoms with Crippen LogP contribution in [0, 0.1) is 0 Å². The van der Waals surface area contributed by atoms with E-state index in [1.807, 2.05) is 0 Å². The van der Waals surface area contributed by atoms with E-state index in [1.54, 1.807) is 0 Å². The zero-order valence-corrected chi connectivity index (χ0v) is 10.2. The van der Waals surface area contributed by atoms with E-state index in [9.17, 15) is 18.3 Å². The third-order valence-electron chi connectivity index (χ3n) is 2.26. The second-order valence-electron chi connectivity index (χ2n) is 3.57. The number of aromatic hydroxyl groups is 1. The van der Waals surface area contributed by atoms with Crippen LogP contribution in [0.5, 0.6) is 5.75 Å². The van der Waals surface area contributed by atoms with Gasteiger partial charge in [-0.3, -0.25) is 9.82 Å². The van der Waals surface area contributed by atoms with Crippen molar-refractivity contribution in [3.05, 3.63) is 36.2 Å². The Labute approximate surface area is 107 Å². The van der Waals surface area contributed by atoms with Crippen LogP contribution in [0.25, 0.3) is 0 Å². The molecule has 0 bridgehead atoms.